The van der Waals surface area contributed by atoms with Gasteiger partial charge in [-0.05, 0) is 31.7 Å². The monoisotopic (exact) mass is 185 g/mol. The molecular weight excluding hydrogens is 162 g/mol. The highest BCUT2D eigenvalue weighted by atomic mass is 16.5. The van der Waals surface area contributed by atoms with Crippen LogP contribution in [0.25, 0.3) is 0 Å². The van der Waals surface area contributed by atoms with E-state index in [4.69, 9.17) is 4.74 Å². The van der Waals surface area contributed by atoms with Crippen LogP contribution in [0.1, 0.15) is 39.5 Å². The Labute approximate surface area is 82.0 Å². The highest BCUT2D eigenvalue weighted by Crippen LogP contribution is 2.11. The van der Waals surface area contributed by atoms with Crippen LogP contribution in [0.4, 0.5) is 0 Å². The lowest BCUT2D eigenvalue weighted by atomic mass is 10.1. The molecule has 1 N–H and O–H groups in total. The lowest BCUT2D eigenvalue weighted by molar-refractivity contribution is 0.109. The smallest absolute Gasteiger partial charge is 0.0700 e. The molecule has 1 rings (SSSR count). The molecule has 0 saturated carbocycles. The molecule has 2 atom stereocenters. The van der Waals surface area contributed by atoms with Gasteiger partial charge in [0.05, 0.1) is 6.10 Å². The topological polar surface area (TPSA) is 21.3 Å². The normalized spacial score (nSPS) is 24.9. The third-order valence-corrected chi connectivity index (χ3v) is 2.67. The molecule has 0 aromatic rings. The molecule has 78 valence electrons. The molecule has 2 heteroatoms. The Hall–Kier alpha value is -0.0800. The van der Waals surface area contributed by atoms with E-state index < -0.39 is 0 Å². The van der Waals surface area contributed by atoms with Crippen LogP contribution < -0.4 is 5.32 Å². The third-order valence-electron chi connectivity index (χ3n) is 2.67. The quantitative estimate of drug-likeness (QED) is 0.685. The highest BCUT2D eigenvalue weighted by molar-refractivity contribution is 4.68. The van der Waals surface area contributed by atoms with Gasteiger partial charge >= 0.3 is 0 Å². The summed E-state index contributed by atoms with van der Waals surface area (Å²) < 4.78 is 5.53. The van der Waals surface area contributed by atoms with Gasteiger partial charge in [-0.1, -0.05) is 20.3 Å². The average molecular weight is 185 g/mol. The van der Waals surface area contributed by atoms with Crippen molar-refractivity contribution in [2.45, 2.75) is 45.6 Å². The summed E-state index contributed by atoms with van der Waals surface area (Å²) in [5.41, 5.74) is 0. The summed E-state index contributed by atoms with van der Waals surface area (Å²) >= 11 is 0. The van der Waals surface area contributed by atoms with Gasteiger partial charge in [0.15, 0.2) is 0 Å². The summed E-state index contributed by atoms with van der Waals surface area (Å²) in [4.78, 5) is 0. The van der Waals surface area contributed by atoms with E-state index >= 15 is 0 Å². The van der Waals surface area contributed by atoms with Crippen molar-refractivity contribution in [1.82, 2.24) is 5.32 Å². The van der Waals surface area contributed by atoms with Gasteiger partial charge in [-0.25, -0.2) is 0 Å². The van der Waals surface area contributed by atoms with Crippen molar-refractivity contribution in [2.75, 3.05) is 19.7 Å². The van der Waals surface area contributed by atoms with Crippen LogP contribution in [0, 0.1) is 5.92 Å². The minimum absolute atomic E-state index is 0.494. The van der Waals surface area contributed by atoms with Crippen LogP contribution >= 0.6 is 0 Å². The van der Waals surface area contributed by atoms with Crippen LogP contribution in [0.5, 0.6) is 0 Å². The molecule has 1 fully saturated rings. The van der Waals surface area contributed by atoms with E-state index in [1.807, 2.05) is 0 Å². The van der Waals surface area contributed by atoms with E-state index in [9.17, 15) is 0 Å². The molecule has 0 aromatic heterocycles. The standard InChI is InChI=1S/C11H23NO/c1-3-5-10(2)8-12-9-11-6-4-7-13-11/h10-12H,3-9H2,1-2H3/t10-,11+/m0/s1. The number of hydrogen-bond acceptors (Lipinski definition) is 2. The summed E-state index contributed by atoms with van der Waals surface area (Å²) in [6.45, 7) is 7.72. The summed E-state index contributed by atoms with van der Waals surface area (Å²) in [6, 6.07) is 0. The first-order valence-electron chi connectivity index (χ1n) is 5.65. The first kappa shape index (κ1) is 11.0. The molecule has 2 nitrogen and oxygen atoms in total. The Morgan fingerprint density at radius 1 is 1.54 bits per heavy atom. The molecule has 13 heavy (non-hydrogen) atoms. The summed E-state index contributed by atoms with van der Waals surface area (Å²) in [5.74, 6) is 0.811. The average Bonchev–Trinajstić information content (AvgIpc) is 2.57. The molecule has 0 spiro atoms. The third kappa shape index (κ3) is 4.63. The number of rotatable bonds is 6. The largest absolute Gasteiger partial charge is 0.377 e. The predicted octanol–water partition coefficient (Wildman–Crippen LogP) is 2.19. The van der Waals surface area contributed by atoms with Gasteiger partial charge in [0.1, 0.15) is 0 Å². The Kier molecular flexibility index (Phi) is 5.40. The van der Waals surface area contributed by atoms with E-state index in [1.165, 1.54) is 25.7 Å². The maximum Gasteiger partial charge on any atom is 0.0700 e. The second-order valence-electron chi connectivity index (χ2n) is 4.19. The minimum atomic E-state index is 0.494. The second kappa shape index (κ2) is 6.39. The number of ether oxygens (including phenoxy) is 1. The molecule has 1 aliphatic rings. The fraction of sp³-hybridized carbons (Fsp3) is 1.00. The van der Waals surface area contributed by atoms with Crippen molar-refractivity contribution in [3.8, 4) is 0 Å². The van der Waals surface area contributed by atoms with Crippen LogP contribution in [0.2, 0.25) is 0 Å². The van der Waals surface area contributed by atoms with E-state index in [1.54, 1.807) is 0 Å². The van der Waals surface area contributed by atoms with Crippen molar-refractivity contribution >= 4 is 0 Å². The van der Waals surface area contributed by atoms with Crippen molar-refractivity contribution < 1.29 is 4.74 Å². The summed E-state index contributed by atoms with van der Waals surface area (Å²) in [6.07, 6.45) is 5.61. The Balaban J connectivity index is 1.93. The molecule has 0 aromatic carbocycles. The molecule has 0 unspecified atom stereocenters. The molecule has 0 radical (unpaired) electrons. The van der Waals surface area contributed by atoms with Gasteiger partial charge in [0.2, 0.25) is 0 Å². The minimum Gasteiger partial charge on any atom is -0.377 e. The van der Waals surface area contributed by atoms with E-state index in [0.717, 1.165) is 25.6 Å². The predicted molar refractivity (Wildman–Crippen MR) is 55.9 cm³/mol. The van der Waals surface area contributed by atoms with Crippen molar-refractivity contribution in [3.05, 3.63) is 0 Å². The van der Waals surface area contributed by atoms with Crippen molar-refractivity contribution in [1.29, 1.82) is 0 Å². The Bertz CT molecular complexity index is 121. The van der Waals surface area contributed by atoms with Gasteiger partial charge in [0, 0.05) is 13.2 Å². The maximum absolute atomic E-state index is 5.53. The van der Waals surface area contributed by atoms with Crippen LogP contribution in [0.3, 0.4) is 0 Å². The van der Waals surface area contributed by atoms with Gasteiger partial charge in [-0.2, -0.15) is 0 Å². The van der Waals surface area contributed by atoms with Crippen molar-refractivity contribution in [2.24, 2.45) is 5.92 Å². The van der Waals surface area contributed by atoms with Gasteiger partial charge in [-0.3, -0.25) is 0 Å². The first-order valence-corrected chi connectivity index (χ1v) is 5.65. The zero-order valence-corrected chi connectivity index (χ0v) is 9.01. The summed E-state index contributed by atoms with van der Waals surface area (Å²) in [7, 11) is 0. The zero-order chi connectivity index (χ0) is 9.52. The van der Waals surface area contributed by atoms with Crippen molar-refractivity contribution in [3.63, 3.8) is 0 Å². The first-order chi connectivity index (χ1) is 6.33. The fourth-order valence-electron chi connectivity index (χ4n) is 1.89. The lowest BCUT2D eigenvalue weighted by Crippen LogP contribution is -2.29. The molecule has 1 heterocycles. The molecule has 1 saturated heterocycles. The SMILES string of the molecule is CCC[C@H](C)CNC[C@H]1CCCO1. The zero-order valence-electron chi connectivity index (χ0n) is 9.01. The number of hydrogen-bond donors (Lipinski definition) is 1. The number of nitrogens with one attached hydrogen (secondary N) is 1. The molecular formula is C11H23NO. The highest BCUT2D eigenvalue weighted by Gasteiger charge is 2.14. The molecule has 0 aliphatic carbocycles. The van der Waals surface area contributed by atoms with Gasteiger partial charge in [-0.15, -0.1) is 0 Å². The van der Waals surface area contributed by atoms with Crippen LogP contribution in [0.15, 0.2) is 0 Å². The fourth-order valence-corrected chi connectivity index (χ4v) is 1.89. The van der Waals surface area contributed by atoms with E-state index in [2.05, 4.69) is 19.2 Å². The van der Waals surface area contributed by atoms with E-state index in [-0.39, 0.29) is 0 Å². The maximum atomic E-state index is 5.53. The van der Waals surface area contributed by atoms with E-state index in [0.29, 0.717) is 6.10 Å². The lowest BCUT2D eigenvalue weighted by Gasteiger charge is -2.14. The van der Waals surface area contributed by atoms with Gasteiger partial charge < -0.3 is 10.1 Å². The molecule has 0 bridgehead atoms. The Morgan fingerprint density at radius 2 is 2.38 bits per heavy atom. The van der Waals surface area contributed by atoms with Crippen LogP contribution in [-0.2, 0) is 4.74 Å². The van der Waals surface area contributed by atoms with Crippen LogP contribution in [-0.4, -0.2) is 25.8 Å². The summed E-state index contributed by atoms with van der Waals surface area (Å²) in [5, 5.41) is 3.49. The second-order valence-corrected chi connectivity index (χ2v) is 4.19. The Morgan fingerprint density at radius 3 is 3.00 bits per heavy atom. The van der Waals surface area contributed by atoms with Gasteiger partial charge in [0.25, 0.3) is 0 Å². The molecule has 1 aliphatic heterocycles. The molecule has 0 amide bonds.